The summed E-state index contributed by atoms with van der Waals surface area (Å²) in [5, 5.41) is 3.13. The first-order valence-electron chi connectivity index (χ1n) is 10.6. The molecule has 0 saturated heterocycles. The highest BCUT2D eigenvalue weighted by Crippen LogP contribution is 2.30. The van der Waals surface area contributed by atoms with Crippen molar-refractivity contribution in [3.63, 3.8) is 0 Å². The largest absolute Gasteiger partial charge is 0.395 e. The minimum Gasteiger partial charge on any atom is -0.395 e. The van der Waals surface area contributed by atoms with Crippen LogP contribution in [-0.4, -0.2) is 34.2 Å². The average molecular weight is 444 g/mol. The fourth-order valence-corrected chi connectivity index (χ4v) is 4.75. The Kier molecular flexibility index (Phi) is 7.27. The lowest BCUT2D eigenvalue weighted by molar-refractivity contribution is -0.123. The van der Waals surface area contributed by atoms with Crippen molar-refractivity contribution in [1.29, 1.82) is 0 Å². The van der Waals surface area contributed by atoms with E-state index in [9.17, 15) is 14.4 Å². The van der Waals surface area contributed by atoms with Crippen LogP contribution < -0.4 is 21.7 Å². The Bertz CT molecular complexity index is 968. The highest BCUT2D eigenvalue weighted by molar-refractivity contribution is 7.09. The Morgan fingerprint density at radius 3 is 2.52 bits per heavy atom. The summed E-state index contributed by atoms with van der Waals surface area (Å²) in [7, 11) is 0. The maximum atomic E-state index is 13.7. The van der Waals surface area contributed by atoms with Crippen LogP contribution in [0.1, 0.15) is 71.2 Å². The summed E-state index contributed by atoms with van der Waals surface area (Å²) in [6.45, 7) is 3.86. The lowest BCUT2D eigenvalue weighted by Crippen LogP contribution is -2.52. The van der Waals surface area contributed by atoms with Crippen LogP contribution in [0.2, 0.25) is 0 Å². The maximum Gasteiger partial charge on any atom is 0.272 e. The molecule has 166 valence electrons. The molecule has 0 radical (unpaired) electrons. The van der Waals surface area contributed by atoms with Crippen LogP contribution in [0.3, 0.4) is 0 Å². The van der Waals surface area contributed by atoms with Crippen molar-refractivity contribution < 1.29 is 14.4 Å². The molecule has 9 heteroatoms. The Morgan fingerprint density at radius 1 is 1.26 bits per heavy atom. The zero-order chi connectivity index (χ0) is 22.5. The third-order valence-corrected chi connectivity index (χ3v) is 6.48. The number of nitrogens with zero attached hydrogens (tertiary/aromatic N) is 2. The van der Waals surface area contributed by atoms with E-state index >= 15 is 0 Å². The van der Waals surface area contributed by atoms with Gasteiger partial charge in [0, 0.05) is 11.7 Å². The summed E-state index contributed by atoms with van der Waals surface area (Å²) in [6, 6.07) is 6.82. The predicted molar refractivity (Wildman–Crippen MR) is 122 cm³/mol. The number of amides is 3. The third kappa shape index (κ3) is 4.87. The van der Waals surface area contributed by atoms with Gasteiger partial charge in [-0.3, -0.25) is 19.3 Å². The first kappa shape index (κ1) is 22.7. The minimum absolute atomic E-state index is 0.0486. The number of para-hydroxylation sites is 1. The molecule has 1 fully saturated rings. The Labute approximate surface area is 186 Å². The number of benzene rings is 1. The molecule has 0 aliphatic heterocycles. The van der Waals surface area contributed by atoms with E-state index in [4.69, 9.17) is 11.5 Å². The highest BCUT2D eigenvalue weighted by Gasteiger charge is 2.35. The van der Waals surface area contributed by atoms with Gasteiger partial charge in [-0.15, -0.1) is 0 Å². The van der Waals surface area contributed by atoms with Crippen LogP contribution in [0.25, 0.3) is 0 Å². The summed E-state index contributed by atoms with van der Waals surface area (Å²) in [6.07, 6.45) is 5.29. The fraction of sp³-hybridized carbons (Fsp3) is 0.455. The lowest BCUT2D eigenvalue weighted by Gasteiger charge is -2.32. The van der Waals surface area contributed by atoms with Gasteiger partial charge < -0.3 is 16.8 Å². The molecule has 1 aliphatic carbocycles. The number of rotatable bonds is 8. The molecule has 1 aromatic carbocycles. The summed E-state index contributed by atoms with van der Waals surface area (Å²) in [5.41, 5.74) is 12.7. The number of nitrogens with two attached hydrogens (primary N) is 2. The predicted octanol–water partition coefficient (Wildman–Crippen LogP) is 3.01. The minimum atomic E-state index is -0.792. The van der Waals surface area contributed by atoms with E-state index in [1.165, 1.54) is 4.90 Å². The van der Waals surface area contributed by atoms with Gasteiger partial charge in [0.1, 0.15) is 10.9 Å². The van der Waals surface area contributed by atoms with Crippen molar-refractivity contribution >= 4 is 40.6 Å². The zero-order valence-corrected chi connectivity index (χ0v) is 18.7. The number of anilines is 2. The molecule has 1 heterocycles. The molecule has 1 atom stereocenters. The van der Waals surface area contributed by atoms with Gasteiger partial charge in [0.25, 0.3) is 11.8 Å². The summed E-state index contributed by atoms with van der Waals surface area (Å²) in [5.74, 6) is -1.43. The number of carbonyl (C=O) groups excluding carboxylic acids is 3. The number of aryl methyl sites for hydroxylation is 1. The van der Waals surface area contributed by atoms with Gasteiger partial charge in [-0.1, -0.05) is 44.4 Å². The van der Waals surface area contributed by atoms with Crippen molar-refractivity contribution in [2.45, 2.75) is 64.5 Å². The van der Waals surface area contributed by atoms with Gasteiger partial charge in [-0.05, 0) is 49.3 Å². The third-order valence-electron chi connectivity index (χ3n) is 5.63. The van der Waals surface area contributed by atoms with Crippen molar-refractivity contribution in [3.05, 3.63) is 40.4 Å². The van der Waals surface area contributed by atoms with E-state index in [1.54, 1.807) is 0 Å². The molecular weight excluding hydrogens is 414 g/mol. The van der Waals surface area contributed by atoms with Gasteiger partial charge in [0.15, 0.2) is 5.69 Å². The average Bonchev–Trinajstić information content (AvgIpc) is 3.38. The molecule has 1 saturated carbocycles. The zero-order valence-electron chi connectivity index (χ0n) is 17.9. The standard InChI is InChI=1S/C22H29N5O3S/c1-3-8-16(21(29)25-14-10-5-6-11-14)27(15-12-7-4-9-13(15)2)22(30)19-17(23)18(20(24)28)26-31-19/h4,7,9,12,14,16H,3,5-6,8,10-11,23H2,1-2H3,(H2,24,28)(H,25,29). The van der Waals surface area contributed by atoms with E-state index in [1.807, 2.05) is 38.1 Å². The SMILES string of the molecule is CCCC(C(=O)NC1CCCC1)N(C(=O)c1snc(C(N)=O)c1N)c1ccccc1C. The number of nitrogen functional groups attached to an aromatic ring is 1. The topological polar surface area (TPSA) is 131 Å². The summed E-state index contributed by atoms with van der Waals surface area (Å²) < 4.78 is 3.96. The summed E-state index contributed by atoms with van der Waals surface area (Å²) in [4.78, 5) is 40.2. The van der Waals surface area contributed by atoms with Gasteiger partial charge in [-0.25, -0.2) is 0 Å². The molecule has 31 heavy (non-hydrogen) atoms. The molecule has 2 aromatic rings. The maximum absolute atomic E-state index is 13.7. The molecule has 1 aliphatic rings. The number of carbonyl (C=O) groups is 3. The fourth-order valence-electron chi connectivity index (χ4n) is 4.01. The van der Waals surface area contributed by atoms with Crippen LogP contribution in [0, 0.1) is 6.92 Å². The van der Waals surface area contributed by atoms with E-state index < -0.39 is 17.9 Å². The second kappa shape index (κ2) is 9.91. The Balaban J connectivity index is 2.04. The van der Waals surface area contributed by atoms with Crippen LogP contribution in [0.5, 0.6) is 0 Å². The molecular formula is C22H29N5O3S. The van der Waals surface area contributed by atoms with Crippen LogP contribution in [0.15, 0.2) is 24.3 Å². The Hall–Kier alpha value is -2.94. The van der Waals surface area contributed by atoms with Gasteiger partial charge in [0.05, 0.1) is 5.69 Å². The smallest absolute Gasteiger partial charge is 0.272 e. The van der Waals surface area contributed by atoms with Gasteiger partial charge >= 0.3 is 0 Å². The lowest BCUT2D eigenvalue weighted by atomic mass is 10.0. The highest BCUT2D eigenvalue weighted by atomic mass is 32.1. The van der Waals surface area contributed by atoms with Crippen LogP contribution in [-0.2, 0) is 4.79 Å². The van der Waals surface area contributed by atoms with Crippen molar-refractivity contribution in [2.75, 3.05) is 10.6 Å². The van der Waals surface area contributed by atoms with E-state index in [-0.39, 0.29) is 28.2 Å². The number of hydrogen-bond acceptors (Lipinski definition) is 6. The van der Waals surface area contributed by atoms with Crippen LogP contribution >= 0.6 is 11.5 Å². The molecule has 0 spiro atoms. The van der Waals surface area contributed by atoms with Crippen molar-refractivity contribution in [3.8, 4) is 0 Å². The normalized spacial score (nSPS) is 14.9. The number of nitrogens with one attached hydrogen (secondary N) is 1. The van der Waals surface area contributed by atoms with Crippen LogP contribution in [0.4, 0.5) is 11.4 Å². The second-order valence-electron chi connectivity index (χ2n) is 7.89. The van der Waals surface area contributed by atoms with E-state index in [0.29, 0.717) is 18.5 Å². The number of aromatic nitrogens is 1. The molecule has 3 rings (SSSR count). The molecule has 3 amide bonds. The van der Waals surface area contributed by atoms with E-state index in [2.05, 4.69) is 9.69 Å². The monoisotopic (exact) mass is 443 g/mol. The molecule has 5 N–H and O–H groups in total. The first-order valence-corrected chi connectivity index (χ1v) is 11.4. The van der Waals surface area contributed by atoms with Crippen molar-refractivity contribution in [2.24, 2.45) is 5.73 Å². The van der Waals surface area contributed by atoms with Gasteiger partial charge in [0.2, 0.25) is 5.91 Å². The van der Waals surface area contributed by atoms with E-state index in [0.717, 1.165) is 42.8 Å². The molecule has 8 nitrogen and oxygen atoms in total. The molecule has 1 unspecified atom stereocenters. The quantitative estimate of drug-likeness (QED) is 0.577. The van der Waals surface area contributed by atoms with Crippen molar-refractivity contribution in [1.82, 2.24) is 9.69 Å². The first-order chi connectivity index (χ1) is 14.8. The number of hydrogen-bond donors (Lipinski definition) is 3. The summed E-state index contributed by atoms with van der Waals surface area (Å²) >= 11 is 0.823. The number of primary amides is 1. The second-order valence-corrected chi connectivity index (χ2v) is 8.67. The Morgan fingerprint density at radius 2 is 1.94 bits per heavy atom. The van der Waals surface area contributed by atoms with Gasteiger partial charge in [-0.2, -0.15) is 4.37 Å². The molecule has 0 bridgehead atoms. The molecule has 1 aromatic heterocycles.